The number of aliphatic hydroxyl groups is 1. The van der Waals surface area contributed by atoms with Crippen molar-refractivity contribution in [2.45, 2.75) is 39.4 Å². The molecule has 0 bridgehead atoms. The van der Waals surface area contributed by atoms with Crippen LogP contribution in [-0.2, 0) is 11.3 Å². The molecule has 0 fully saturated rings. The van der Waals surface area contributed by atoms with E-state index >= 15 is 0 Å². The third kappa shape index (κ3) is 4.96. The molecule has 15 heavy (non-hydrogen) atoms. The summed E-state index contributed by atoms with van der Waals surface area (Å²) in [6, 6.07) is 8.19. The van der Waals surface area contributed by atoms with Gasteiger partial charge >= 0.3 is 0 Å². The Hall–Kier alpha value is -0.860. The molecule has 0 aromatic heterocycles. The van der Waals surface area contributed by atoms with Gasteiger partial charge in [0.2, 0.25) is 0 Å². The van der Waals surface area contributed by atoms with Gasteiger partial charge in [0.25, 0.3) is 0 Å². The number of hydrogen-bond acceptors (Lipinski definition) is 2. The highest BCUT2D eigenvalue weighted by Crippen LogP contribution is 2.10. The van der Waals surface area contributed by atoms with Crippen molar-refractivity contribution < 1.29 is 9.84 Å². The molecule has 0 radical (unpaired) electrons. The predicted molar refractivity (Wildman–Crippen MR) is 61.7 cm³/mol. The Kier molecular flexibility index (Phi) is 4.30. The topological polar surface area (TPSA) is 29.5 Å². The molecule has 2 heteroatoms. The molecule has 0 saturated carbocycles. The summed E-state index contributed by atoms with van der Waals surface area (Å²) in [7, 11) is 0. The zero-order valence-corrected chi connectivity index (χ0v) is 9.79. The minimum absolute atomic E-state index is 0.595. The molecular weight excluding hydrogens is 188 g/mol. The lowest BCUT2D eigenvalue weighted by molar-refractivity contribution is 0.0237. The summed E-state index contributed by atoms with van der Waals surface area (Å²) in [6.07, 6.45) is 0.666. The smallest absolute Gasteiger partial charge is 0.0719 e. The second kappa shape index (κ2) is 5.29. The highest BCUT2D eigenvalue weighted by atomic mass is 16.5. The molecular formula is C13H20O2. The molecule has 2 nitrogen and oxygen atoms in total. The van der Waals surface area contributed by atoms with Gasteiger partial charge in [-0.2, -0.15) is 0 Å². The van der Waals surface area contributed by atoms with Crippen molar-refractivity contribution in [1.29, 1.82) is 0 Å². The quantitative estimate of drug-likeness (QED) is 0.754. The predicted octanol–water partition coefficient (Wildman–Crippen LogP) is 2.67. The Morgan fingerprint density at radius 2 is 1.93 bits per heavy atom. The van der Waals surface area contributed by atoms with Crippen LogP contribution in [0.3, 0.4) is 0 Å². The Morgan fingerprint density at radius 1 is 1.27 bits per heavy atom. The van der Waals surface area contributed by atoms with Crippen molar-refractivity contribution in [3.63, 3.8) is 0 Å². The molecule has 0 unspecified atom stereocenters. The second-order valence-electron chi connectivity index (χ2n) is 4.54. The van der Waals surface area contributed by atoms with E-state index in [0.717, 1.165) is 0 Å². The molecule has 1 aromatic rings. The third-order valence-electron chi connectivity index (χ3n) is 2.38. The highest BCUT2D eigenvalue weighted by molar-refractivity contribution is 5.24. The van der Waals surface area contributed by atoms with Crippen LogP contribution in [0.5, 0.6) is 0 Å². The van der Waals surface area contributed by atoms with Gasteiger partial charge in [-0.3, -0.25) is 0 Å². The van der Waals surface area contributed by atoms with Gasteiger partial charge < -0.3 is 9.84 Å². The molecule has 0 aliphatic carbocycles. The SMILES string of the molecule is Cc1ccccc1COCCC(C)(C)O. The van der Waals surface area contributed by atoms with Crippen LogP contribution in [-0.4, -0.2) is 17.3 Å². The maximum atomic E-state index is 9.49. The third-order valence-corrected chi connectivity index (χ3v) is 2.38. The van der Waals surface area contributed by atoms with Gasteiger partial charge in [-0.15, -0.1) is 0 Å². The molecule has 0 atom stereocenters. The Bertz CT molecular complexity index is 300. The van der Waals surface area contributed by atoms with Gasteiger partial charge in [0.05, 0.1) is 12.2 Å². The van der Waals surface area contributed by atoms with Crippen molar-refractivity contribution in [3.8, 4) is 0 Å². The molecule has 1 N–H and O–H groups in total. The van der Waals surface area contributed by atoms with E-state index in [1.807, 2.05) is 12.1 Å². The first-order valence-corrected chi connectivity index (χ1v) is 5.34. The molecule has 1 aromatic carbocycles. The minimum atomic E-state index is -0.633. The lowest BCUT2D eigenvalue weighted by atomic mass is 10.1. The molecule has 0 saturated heterocycles. The van der Waals surface area contributed by atoms with Crippen LogP contribution in [0.25, 0.3) is 0 Å². The normalized spacial score (nSPS) is 11.7. The summed E-state index contributed by atoms with van der Waals surface area (Å²) in [4.78, 5) is 0. The molecule has 0 heterocycles. The minimum Gasteiger partial charge on any atom is -0.390 e. The summed E-state index contributed by atoms with van der Waals surface area (Å²) >= 11 is 0. The van der Waals surface area contributed by atoms with Crippen LogP contribution >= 0.6 is 0 Å². The number of aryl methyl sites for hydroxylation is 1. The summed E-state index contributed by atoms with van der Waals surface area (Å²) < 4.78 is 5.52. The number of rotatable bonds is 5. The first-order valence-electron chi connectivity index (χ1n) is 5.34. The van der Waals surface area contributed by atoms with Crippen molar-refractivity contribution >= 4 is 0 Å². The Balaban J connectivity index is 2.30. The maximum Gasteiger partial charge on any atom is 0.0719 e. The fourth-order valence-corrected chi connectivity index (χ4v) is 1.28. The first kappa shape index (κ1) is 12.2. The second-order valence-corrected chi connectivity index (χ2v) is 4.54. The zero-order valence-electron chi connectivity index (χ0n) is 9.79. The van der Waals surface area contributed by atoms with Gasteiger partial charge in [0, 0.05) is 6.61 Å². The van der Waals surface area contributed by atoms with E-state index in [-0.39, 0.29) is 0 Å². The van der Waals surface area contributed by atoms with Crippen LogP contribution in [0.15, 0.2) is 24.3 Å². The van der Waals surface area contributed by atoms with Crippen LogP contribution in [0.2, 0.25) is 0 Å². The average molecular weight is 208 g/mol. The van der Waals surface area contributed by atoms with E-state index < -0.39 is 5.60 Å². The van der Waals surface area contributed by atoms with Gasteiger partial charge in [0.15, 0.2) is 0 Å². The van der Waals surface area contributed by atoms with Crippen molar-refractivity contribution in [3.05, 3.63) is 35.4 Å². The van der Waals surface area contributed by atoms with E-state index in [4.69, 9.17) is 4.74 Å². The monoisotopic (exact) mass is 208 g/mol. The largest absolute Gasteiger partial charge is 0.390 e. The van der Waals surface area contributed by atoms with E-state index in [0.29, 0.717) is 19.6 Å². The fraction of sp³-hybridized carbons (Fsp3) is 0.538. The summed E-state index contributed by atoms with van der Waals surface area (Å²) in [5, 5.41) is 9.49. The molecule has 0 aliphatic rings. The Labute approximate surface area is 91.9 Å². The average Bonchev–Trinajstić information content (AvgIpc) is 2.13. The zero-order chi connectivity index (χ0) is 11.3. The van der Waals surface area contributed by atoms with Crippen LogP contribution in [0.1, 0.15) is 31.4 Å². The summed E-state index contributed by atoms with van der Waals surface area (Å²) in [5.41, 5.74) is 1.83. The number of hydrogen-bond donors (Lipinski definition) is 1. The summed E-state index contributed by atoms with van der Waals surface area (Å²) in [6.45, 7) is 6.89. The molecule has 1 rings (SSSR count). The lowest BCUT2D eigenvalue weighted by Crippen LogP contribution is -2.20. The van der Waals surface area contributed by atoms with Crippen LogP contribution in [0.4, 0.5) is 0 Å². The van der Waals surface area contributed by atoms with Gasteiger partial charge in [0.1, 0.15) is 0 Å². The van der Waals surface area contributed by atoms with Gasteiger partial charge in [-0.05, 0) is 38.3 Å². The molecule has 0 spiro atoms. The van der Waals surface area contributed by atoms with E-state index in [9.17, 15) is 5.11 Å². The number of ether oxygens (including phenoxy) is 1. The molecule has 84 valence electrons. The van der Waals surface area contributed by atoms with Crippen molar-refractivity contribution in [2.24, 2.45) is 0 Å². The van der Waals surface area contributed by atoms with E-state index in [1.165, 1.54) is 11.1 Å². The van der Waals surface area contributed by atoms with Crippen LogP contribution < -0.4 is 0 Å². The van der Waals surface area contributed by atoms with E-state index in [2.05, 4.69) is 19.1 Å². The highest BCUT2D eigenvalue weighted by Gasteiger charge is 2.11. The summed E-state index contributed by atoms with van der Waals surface area (Å²) in [5.74, 6) is 0. The standard InChI is InChI=1S/C13H20O2/c1-11-6-4-5-7-12(11)10-15-9-8-13(2,3)14/h4-7,14H,8-10H2,1-3H3. The molecule has 0 aliphatic heterocycles. The lowest BCUT2D eigenvalue weighted by Gasteiger charge is -2.16. The van der Waals surface area contributed by atoms with Crippen molar-refractivity contribution in [2.75, 3.05) is 6.61 Å². The fourth-order valence-electron chi connectivity index (χ4n) is 1.28. The Morgan fingerprint density at radius 3 is 2.53 bits per heavy atom. The molecule has 0 amide bonds. The van der Waals surface area contributed by atoms with Gasteiger partial charge in [-0.1, -0.05) is 24.3 Å². The van der Waals surface area contributed by atoms with Gasteiger partial charge in [-0.25, -0.2) is 0 Å². The van der Waals surface area contributed by atoms with Crippen LogP contribution in [0, 0.1) is 6.92 Å². The van der Waals surface area contributed by atoms with Crippen molar-refractivity contribution in [1.82, 2.24) is 0 Å². The van der Waals surface area contributed by atoms with E-state index in [1.54, 1.807) is 13.8 Å². The maximum absolute atomic E-state index is 9.49. The first-order chi connectivity index (χ1) is 6.99. The number of benzene rings is 1.